The van der Waals surface area contributed by atoms with Crippen molar-refractivity contribution in [2.75, 3.05) is 13.1 Å². The number of carbonyl (C=O) groups excluding carboxylic acids is 2. The van der Waals surface area contributed by atoms with Crippen LogP contribution in [0.2, 0.25) is 0 Å². The molecule has 21 heavy (non-hydrogen) atoms. The van der Waals surface area contributed by atoms with Crippen molar-refractivity contribution in [1.82, 2.24) is 10.6 Å². The molecule has 0 saturated heterocycles. The van der Waals surface area contributed by atoms with Crippen molar-refractivity contribution in [2.24, 2.45) is 11.7 Å². The molecule has 4 N–H and O–H groups in total. The van der Waals surface area contributed by atoms with Crippen LogP contribution in [-0.2, 0) is 4.79 Å². The lowest BCUT2D eigenvalue weighted by molar-refractivity contribution is -0.123. The van der Waals surface area contributed by atoms with Gasteiger partial charge in [0.15, 0.2) is 5.76 Å². The minimum atomic E-state index is -0.428. The van der Waals surface area contributed by atoms with Gasteiger partial charge in [0.2, 0.25) is 5.91 Å². The molecule has 120 valence electrons. The zero-order chi connectivity index (χ0) is 15.2. The summed E-state index contributed by atoms with van der Waals surface area (Å²) in [5.41, 5.74) is 5.27. The Kier molecular flexibility index (Phi) is 8.06. The zero-order valence-corrected chi connectivity index (χ0v) is 13.5. The molecule has 0 aliphatic carbocycles. The van der Waals surface area contributed by atoms with Crippen LogP contribution in [0.1, 0.15) is 37.7 Å². The number of halogens is 1. The molecule has 7 heteroatoms. The molecule has 0 spiro atoms. The van der Waals surface area contributed by atoms with E-state index in [-0.39, 0.29) is 48.9 Å². The Bertz CT molecular complexity index is 448. The Morgan fingerprint density at radius 1 is 1.43 bits per heavy atom. The van der Waals surface area contributed by atoms with E-state index in [1.54, 1.807) is 12.1 Å². The number of rotatable bonds is 7. The Hall–Kier alpha value is -1.53. The van der Waals surface area contributed by atoms with Crippen molar-refractivity contribution in [1.29, 1.82) is 0 Å². The van der Waals surface area contributed by atoms with Gasteiger partial charge in [-0.25, -0.2) is 0 Å². The molecule has 6 nitrogen and oxygen atoms in total. The maximum atomic E-state index is 11.8. The van der Waals surface area contributed by atoms with Crippen LogP contribution in [0.5, 0.6) is 0 Å². The standard InChI is InChI=1S/C14H23N3O3.ClH/c1-10(2)14(3,9-15)17-12(18)6-7-16-13(19)11-5-4-8-20-11;/h4-5,8,10H,6-7,9,15H2,1-3H3,(H,16,19)(H,17,18);1H. The molecular formula is C14H24ClN3O3. The predicted octanol–water partition coefficient (Wildman–Crippen LogP) is 1.31. The van der Waals surface area contributed by atoms with Gasteiger partial charge in [0, 0.05) is 19.5 Å². The van der Waals surface area contributed by atoms with E-state index in [4.69, 9.17) is 10.2 Å². The first kappa shape index (κ1) is 19.5. The van der Waals surface area contributed by atoms with Crippen LogP contribution in [0, 0.1) is 5.92 Å². The van der Waals surface area contributed by atoms with E-state index in [1.807, 2.05) is 20.8 Å². The summed E-state index contributed by atoms with van der Waals surface area (Å²) in [6.07, 6.45) is 1.63. The topological polar surface area (TPSA) is 97.4 Å². The quantitative estimate of drug-likeness (QED) is 0.706. The van der Waals surface area contributed by atoms with Crippen LogP contribution in [-0.4, -0.2) is 30.4 Å². The van der Waals surface area contributed by atoms with E-state index in [1.165, 1.54) is 6.26 Å². The monoisotopic (exact) mass is 317 g/mol. The Morgan fingerprint density at radius 2 is 2.10 bits per heavy atom. The number of carbonyl (C=O) groups is 2. The molecule has 1 atom stereocenters. The minimum Gasteiger partial charge on any atom is -0.459 e. The van der Waals surface area contributed by atoms with Crippen molar-refractivity contribution in [3.63, 3.8) is 0 Å². The van der Waals surface area contributed by atoms with Gasteiger partial charge in [-0.1, -0.05) is 13.8 Å². The first-order valence-corrected chi connectivity index (χ1v) is 6.72. The SMILES string of the molecule is CC(C)C(C)(CN)NC(=O)CCNC(=O)c1ccco1.Cl. The molecule has 0 aromatic carbocycles. The van der Waals surface area contributed by atoms with E-state index in [9.17, 15) is 9.59 Å². The Morgan fingerprint density at radius 3 is 2.57 bits per heavy atom. The molecule has 0 aliphatic rings. The number of amides is 2. The van der Waals surface area contributed by atoms with Gasteiger partial charge in [-0.15, -0.1) is 12.4 Å². The lowest BCUT2D eigenvalue weighted by Gasteiger charge is -2.33. The predicted molar refractivity (Wildman–Crippen MR) is 83.3 cm³/mol. The summed E-state index contributed by atoms with van der Waals surface area (Å²) in [7, 11) is 0. The molecule has 0 radical (unpaired) electrons. The second kappa shape index (κ2) is 8.69. The Balaban J connectivity index is 0.00000400. The molecule has 1 aromatic heterocycles. The number of furan rings is 1. The van der Waals surface area contributed by atoms with Crippen LogP contribution in [0.3, 0.4) is 0 Å². The number of nitrogens with one attached hydrogen (secondary N) is 2. The number of hydrogen-bond donors (Lipinski definition) is 3. The van der Waals surface area contributed by atoms with Gasteiger partial charge in [0.1, 0.15) is 0 Å². The van der Waals surface area contributed by atoms with Crippen LogP contribution in [0.15, 0.2) is 22.8 Å². The third kappa shape index (κ3) is 5.77. The smallest absolute Gasteiger partial charge is 0.286 e. The van der Waals surface area contributed by atoms with Crippen LogP contribution >= 0.6 is 12.4 Å². The first-order valence-electron chi connectivity index (χ1n) is 6.72. The van der Waals surface area contributed by atoms with Gasteiger partial charge in [-0.2, -0.15) is 0 Å². The van der Waals surface area contributed by atoms with Crippen molar-refractivity contribution in [2.45, 2.75) is 32.7 Å². The maximum absolute atomic E-state index is 11.8. The molecule has 1 heterocycles. The largest absolute Gasteiger partial charge is 0.459 e. The fourth-order valence-electron chi connectivity index (χ4n) is 1.60. The molecular weight excluding hydrogens is 294 g/mol. The van der Waals surface area contributed by atoms with Crippen molar-refractivity contribution < 1.29 is 14.0 Å². The molecule has 2 amide bonds. The highest BCUT2D eigenvalue weighted by atomic mass is 35.5. The highest BCUT2D eigenvalue weighted by Crippen LogP contribution is 2.14. The molecule has 0 fully saturated rings. The summed E-state index contributed by atoms with van der Waals surface area (Å²) in [4.78, 5) is 23.4. The second-order valence-corrected chi connectivity index (χ2v) is 5.31. The molecule has 1 aromatic rings. The van der Waals surface area contributed by atoms with Crippen LogP contribution < -0.4 is 16.4 Å². The summed E-state index contributed by atoms with van der Waals surface area (Å²) in [5, 5.41) is 5.54. The van der Waals surface area contributed by atoms with Gasteiger partial charge in [-0.3, -0.25) is 9.59 Å². The van der Waals surface area contributed by atoms with E-state index >= 15 is 0 Å². The fourth-order valence-corrected chi connectivity index (χ4v) is 1.60. The van der Waals surface area contributed by atoms with Crippen molar-refractivity contribution >= 4 is 24.2 Å². The summed E-state index contributed by atoms with van der Waals surface area (Å²) < 4.78 is 4.95. The molecule has 0 bridgehead atoms. The van der Waals surface area contributed by atoms with Gasteiger partial charge in [-0.05, 0) is 25.0 Å². The summed E-state index contributed by atoms with van der Waals surface area (Å²) in [6.45, 7) is 6.55. The lowest BCUT2D eigenvalue weighted by Crippen LogP contribution is -2.55. The number of nitrogens with two attached hydrogens (primary N) is 1. The average Bonchev–Trinajstić information content (AvgIpc) is 2.92. The molecule has 1 unspecified atom stereocenters. The van der Waals surface area contributed by atoms with Gasteiger partial charge < -0.3 is 20.8 Å². The second-order valence-electron chi connectivity index (χ2n) is 5.31. The average molecular weight is 318 g/mol. The lowest BCUT2D eigenvalue weighted by atomic mass is 9.88. The third-order valence-corrected chi connectivity index (χ3v) is 3.51. The van der Waals surface area contributed by atoms with Gasteiger partial charge >= 0.3 is 0 Å². The van der Waals surface area contributed by atoms with Crippen molar-refractivity contribution in [3.05, 3.63) is 24.2 Å². The molecule has 0 aliphatic heterocycles. The maximum Gasteiger partial charge on any atom is 0.286 e. The Labute approximate surface area is 131 Å². The van der Waals surface area contributed by atoms with E-state index in [0.29, 0.717) is 6.54 Å². The highest BCUT2D eigenvalue weighted by Gasteiger charge is 2.28. The van der Waals surface area contributed by atoms with E-state index < -0.39 is 5.54 Å². The van der Waals surface area contributed by atoms with E-state index in [0.717, 1.165) is 0 Å². The molecule has 1 rings (SSSR count). The van der Waals surface area contributed by atoms with Gasteiger partial charge in [0.25, 0.3) is 5.91 Å². The summed E-state index contributed by atoms with van der Waals surface area (Å²) in [5.74, 6) is 0.00758. The van der Waals surface area contributed by atoms with E-state index in [2.05, 4.69) is 10.6 Å². The fraction of sp³-hybridized carbons (Fsp3) is 0.571. The molecule has 0 saturated carbocycles. The summed E-state index contributed by atoms with van der Waals surface area (Å²) >= 11 is 0. The third-order valence-electron chi connectivity index (χ3n) is 3.51. The number of hydrogen-bond acceptors (Lipinski definition) is 4. The zero-order valence-electron chi connectivity index (χ0n) is 12.6. The highest BCUT2D eigenvalue weighted by molar-refractivity contribution is 5.91. The first-order chi connectivity index (χ1) is 9.39. The summed E-state index contributed by atoms with van der Waals surface area (Å²) in [6, 6.07) is 3.20. The van der Waals surface area contributed by atoms with Crippen LogP contribution in [0.25, 0.3) is 0 Å². The van der Waals surface area contributed by atoms with Crippen molar-refractivity contribution in [3.8, 4) is 0 Å². The minimum absolute atomic E-state index is 0. The van der Waals surface area contributed by atoms with Crippen LogP contribution in [0.4, 0.5) is 0 Å². The normalized spacial score (nSPS) is 13.2. The van der Waals surface area contributed by atoms with Gasteiger partial charge in [0.05, 0.1) is 11.8 Å².